The first-order chi connectivity index (χ1) is 6.70. The van der Waals surface area contributed by atoms with Gasteiger partial charge in [0.05, 0.1) is 11.6 Å². The molecule has 14 heavy (non-hydrogen) atoms. The van der Waals surface area contributed by atoms with Crippen molar-refractivity contribution in [2.75, 3.05) is 6.61 Å². The predicted octanol–water partition coefficient (Wildman–Crippen LogP) is 3.79. The lowest BCUT2D eigenvalue weighted by Gasteiger charge is -2.21. The lowest BCUT2D eigenvalue weighted by molar-refractivity contribution is 0.288. The van der Waals surface area contributed by atoms with Crippen LogP contribution in [0.15, 0.2) is 12.1 Å². The molecule has 1 aromatic carbocycles. The van der Waals surface area contributed by atoms with E-state index in [9.17, 15) is 0 Å². The van der Waals surface area contributed by atoms with Crippen molar-refractivity contribution in [3.63, 3.8) is 0 Å². The molecular formula is C12H15ClO. The summed E-state index contributed by atoms with van der Waals surface area (Å²) in [5.41, 5.74) is 2.43. The molecule has 0 atom stereocenters. The summed E-state index contributed by atoms with van der Waals surface area (Å²) in [7, 11) is 0. The first kappa shape index (κ1) is 9.85. The lowest BCUT2D eigenvalue weighted by atomic mass is 9.97. The third kappa shape index (κ3) is 1.61. The van der Waals surface area contributed by atoms with Crippen LogP contribution in [-0.4, -0.2) is 6.61 Å². The van der Waals surface area contributed by atoms with Crippen molar-refractivity contribution in [3.05, 3.63) is 28.3 Å². The van der Waals surface area contributed by atoms with E-state index in [1.54, 1.807) is 0 Å². The van der Waals surface area contributed by atoms with Gasteiger partial charge in [0.1, 0.15) is 5.75 Å². The minimum absolute atomic E-state index is 0.481. The van der Waals surface area contributed by atoms with Crippen LogP contribution < -0.4 is 4.74 Å². The summed E-state index contributed by atoms with van der Waals surface area (Å²) in [5.74, 6) is 1.46. The summed E-state index contributed by atoms with van der Waals surface area (Å²) in [5, 5.41) is 0.914. The fourth-order valence-corrected chi connectivity index (χ4v) is 2.34. The van der Waals surface area contributed by atoms with Gasteiger partial charge in [-0.25, -0.2) is 0 Å². The molecule has 0 N–H and O–H groups in total. The van der Waals surface area contributed by atoms with Crippen molar-refractivity contribution in [2.45, 2.75) is 32.6 Å². The summed E-state index contributed by atoms with van der Waals surface area (Å²) in [6, 6.07) is 4.13. The van der Waals surface area contributed by atoms with Gasteiger partial charge in [-0.1, -0.05) is 31.5 Å². The molecular weight excluding hydrogens is 196 g/mol. The Bertz CT molecular complexity index is 344. The van der Waals surface area contributed by atoms with Crippen molar-refractivity contribution >= 4 is 11.6 Å². The smallest absolute Gasteiger partial charge is 0.123 e. The Kier molecular flexibility index (Phi) is 2.69. The Labute approximate surface area is 90.0 Å². The second kappa shape index (κ2) is 3.82. The van der Waals surface area contributed by atoms with Crippen LogP contribution >= 0.6 is 11.6 Å². The van der Waals surface area contributed by atoms with E-state index in [1.807, 2.05) is 0 Å². The maximum Gasteiger partial charge on any atom is 0.123 e. The summed E-state index contributed by atoms with van der Waals surface area (Å²) in [4.78, 5) is 0. The van der Waals surface area contributed by atoms with Gasteiger partial charge < -0.3 is 4.74 Å². The second-order valence-corrected chi connectivity index (χ2v) is 4.43. The van der Waals surface area contributed by atoms with Crippen LogP contribution in [0.3, 0.4) is 0 Å². The zero-order valence-corrected chi connectivity index (χ0v) is 9.40. The maximum absolute atomic E-state index is 6.34. The van der Waals surface area contributed by atoms with Crippen molar-refractivity contribution in [1.82, 2.24) is 0 Å². The molecule has 1 heterocycles. The molecule has 1 aliphatic rings. The largest absolute Gasteiger partial charge is 0.493 e. The van der Waals surface area contributed by atoms with Crippen molar-refractivity contribution in [3.8, 4) is 5.75 Å². The van der Waals surface area contributed by atoms with Gasteiger partial charge in [-0.2, -0.15) is 0 Å². The number of rotatable bonds is 1. The van der Waals surface area contributed by atoms with Crippen molar-refractivity contribution < 1.29 is 4.74 Å². The molecule has 1 aromatic rings. The SMILES string of the molecule is CC(C)c1ccc2c(c1Cl)CCCO2. The normalized spacial score (nSPS) is 15.1. The molecule has 0 bridgehead atoms. The molecule has 2 rings (SSSR count). The van der Waals surface area contributed by atoms with Crippen LogP contribution in [0.5, 0.6) is 5.75 Å². The molecule has 0 saturated heterocycles. The molecule has 0 radical (unpaired) electrons. The quantitative estimate of drug-likeness (QED) is 0.686. The standard InChI is InChI=1S/C12H15ClO/c1-8(2)9-5-6-11-10(12(9)13)4-3-7-14-11/h5-6,8H,3-4,7H2,1-2H3. The number of halogens is 1. The van der Waals surface area contributed by atoms with Crippen molar-refractivity contribution in [2.24, 2.45) is 0 Å². The van der Waals surface area contributed by atoms with Crippen LogP contribution in [0.2, 0.25) is 5.02 Å². The van der Waals surface area contributed by atoms with Gasteiger partial charge in [0.25, 0.3) is 0 Å². The van der Waals surface area contributed by atoms with E-state index in [1.165, 1.54) is 11.1 Å². The molecule has 0 saturated carbocycles. The number of hydrogen-bond acceptors (Lipinski definition) is 1. The van der Waals surface area contributed by atoms with E-state index in [0.717, 1.165) is 30.2 Å². The number of fused-ring (bicyclic) bond motifs is 1. The molecule has 0 spiro atoms. The molecule has 1 nitrogen and oxygen atoms in total. The predicted molar refractivity (Wildman–Crippen MR) is 59.4 cm³/mol. The Morgan fingerprint density at radius 1 is 1.36 bits per heavy atom. The molecule has 2 heteroatoms. The lowest BCUT2D eigenvalue weighted by Crippen LogP contribution is -2.09. The zero-order valence-electron chi connectivity index (χ0n) is 8.64. The third-order valence-corrected chi connectivity index (χ3v) is 3.13. The minimum Gasteiger partial charge on any atom is -0.493 e. The first-order valence-electron chi connectivity index (χ1n) is 5.14. The molecule has 76 valence electrons. The summed E-state index contributed by atoms with van der Waals surface area (Å²) >= 11 is 6.34. The highest BCUT2D eigenvalue weighted by Crippen LogP contribution is 2.36. The average Bonchev–Trinajstić information content (AvgIpc) is 2.18. The number of ether oxygens (including phenoxy) is 1. The topological polar surface area (TPSA) is 9.23 Å². The van der Waals surface area contributed by atoms with Gasteiger partial charge in [0.15, 0.2) is 0 Å². The van der Waals surface area contributed by atoms with E-state index in [4.69, 9.17) is 16.3 Å². The Morgan fingerprint density at radius 2 is 2.14 bits per heavy atom. The number of benzene rings is 1. The summed E-state index contributed by atoms with van der Waals surface area (Å²) in [6.07, 6.45) is 2.13. The first-order valence-corrected chi connectivity index (χ1v) is 5.52. The monoisotopic (exact) mass is 210 g/mol. The van der Waals surface area contributed by atoms with Crippen LogP contribution in [0.25, 0.3) is 0 Å². The van der Waals surface area contributed by atoms with Gasteiger partial charge in [-0.15, -0.1) is 0 Å². The van der Waals surface area contributed by atoms with E-state index in [-0.39, 0.29) is 0 Å². The second-order valence-electron chi connectivity index (χ2n) is 4.05. The molecule has 0 aliphatic carbocycles. The molecule has 0 aromatic heterocycles. The number of hydrogen-bond donors (Lipinski definition) is 0. The molecule has 0 fully saturated rings. The van der Waals surface area contributed by atoms with Crippen LogP contribution in [-0.2, 0) is 6.42 Å². The molecule has 0 amide bonds. The van der Waals surface area contributed by atoms with Crippen LogP contribution in [0.4, 0.5) is 0 Å². The molecule has 1 aliphatic heterocycles. The summed E-state index contributed by atoms with van der Waals surface area (Å²) < 4.78 is 5.55. The average molecular weight is 211 g/mol. The fraction of sp³-hybridized carbons (Fsp3) is 0.500. The fourth-order valence-electron chi connectivity index (χ4n) is 1.87. The summed E-state index contributed by atoms with van der Waals surface area (Å²) in [6.45, 7) is 5.15. The van der Waals surface area contributed by atoms with Gasteiger partial charge in [0, 0.05) is 5.56 Å². The van der Waals surface area contributed by atoms with Crippen molar-refractivity contribution in [1.29, 1.82) is 0 Å². The Hall–Kier alpha value is -0.690. The highest BCUT2D eigenvalue weighted by molar-refractivity contribution is 6.32. The third-order valence-electron chi connectivity index (χ3n) is 2.68. The van der Waals surface area contributed by atoms with Gasteiger partial charge in [-0.3, -0.25) is 0 Å². The Morgan fingerprint density at radius 3 is 2.86 bits per heavy atom. The highest BCUT2D eigenvalue weighted by Gasteiger charge is 2.17. The van der Waals surface area contributed by atoms with E-state index in [0.29, 0.717) is 5.92 Å². The molecule has 0 unspecified atom stereocenters. The maximum atomic E-state index is 6.34. The van der Waals surface area contributed by atoms with Crippen LogP contribution in [0, 0.1) is 0 Å². The Balaban J connectivity index is 2.49. The van der Waals surface area contributed by atoms with E-state index >= 15 is 0 Å². The van der Waals surface area contributed by atoms with Crippen LogP contribution in [0.1, 0.15) is 37.3 Å². The van der Waals surface area contributed by atoms with Gasteiger partial charge >= 0.3 is 0 Å². The van der Waals surface area contributed by atoms with E-state index in [2.05, 4.69) is 26.0 Å². The zero-order chi connectivity index (χ0) is 10.1. The van der Waals surface area contributed by atoms with E-state index < -0.39 is 0 Å². The van der Waals surface area contributed by atoms with Gasteiger partial charge in [-0.05, 0) is 30.4 Å². The highest BCUT2D eigenvalue weighted by atomic mass is 35.5. The van der Waals surface area contributed by atoms with Gasteiger partial charge in [0.2, 0.25) is 0 Å². The minimum atomic E-state index is 0.481.